The minimum absolute atomic E-state index is 0.0201. The van der Waals surface area contributed by atoms with Crippen molar-refractivity contribution in [2.24, 2.45) is 11.1 Å². The minimum atomic E-state index is -0.707. The van der Waals surface area contributed by atoms with Crippen molar-refractivity contribution in [3.8, 4) is 0 Å². The largest absolute Gasteiger partial charge is 0.353 e. The highest BCUT2D eigenvalue weighted by atomic mass is 16.2. The Bertz CT molecular complexity index is 544. The standard InChI is InChI=1S/C18H27N3O/c1-17(2)8-5-9-18(17,19)16(22)20-10-11-21-12-14-6-3-4-7-15(14)13-21/h3-4,6-7H,5,8-13,19H2,1-2H3,(H,20,22). The van der Waals surface area contributed by atoms with Crippen LogP contribution in [0, 0.1) is 5.41 Å². The summed E-state index contributed by atoms with van der Waals surface area (Å²) in [5, 5.41) is 3.07. The van der Waals surface area contributed by atoms with Gasteiger partial charge in [0, 0.05) is 26.2 Å². The van der Waals surface area contributed by atoms with Crippen LogP contribution in [0.4, 0.5) is 0 Å². The Balaban J connectivity index is 1.49. The van der Waals surface area contributed by atoms with Gasteiger partial charge in [-0.05, 0) is 29.4 Å². The molecule has 1 unspecified atom stereocenters. The highest BCUT2D eigenvalue weighted by Gasteiger charge is 2.51. The predicted molar refractivity (Wildman–Crippen MR) is 88.1 cm³/mol. The maximum absolute atomic E-state index is 12.5. The molecular weight excluding hydrogens is 274 g/mol. The van der Waals surface area contributed by atoms with Gasteiger partial charge in [-0.1, -0.05) is 44.5 Å². The zero-order chi connectivity index (χ0) is 15.8. The van der Waals surface area contributed by atoms with Crippen molar-refractivity contribution in [1.29, 1.82) is 0 Å². The first-order valence-corrected chi connectivity index (χ1v) is 8.29. The molecule has 1 aromatic rings. The van der Waals surface area contributed by atoms with Gasteiger partial charge in [-0.25, -0.2) is 0 Å². The van der Waals surface area contributed by atoms with E-state index in [0.717, 1.165) is 38.9 Å². The fourth-order valence-electron chi connectivity index (χ4n) is 3.84. The maximum atomic E-state index is 12.5. The molecule has 22 heavy (non-hydrogen) atoms. The predicted octanol–water partition coefficient (Wildman–Crippen LogP) is 2.03. The fourth-order valence-corrected chi connectivity index (χ4v) is 3.84. The first-order chi connectivity index (χ1) is 10.4. The molecule has 3 rings (SSSR count). The van der Waals surface area contributed by atoms with Crippen LogP contribution in [0.3, 0.4) is 0 Å². The van der Waals surface area contributed by atoms with Crippen LogP contribution in [0.5, 0.6) is 0 Å². The number of nitrogens with one attached hydrogen (secondary N) is 1. The van der Waals surface area contributed by atoms with Crippen LogP contribution < -0.4 is 11.1 Å². The Morgan fingerprint density at radius 2 is 1.86 bits per heavy atom. The topological polar surface area (TPSA) is 58.4 Å². The second-order valence-electron chi connectivity index (χ2n) is 7.44. The Morgan fingerprint density at radius 3 is 2.41 bits per heavy atom. The van der Waals surface area contributed by atoms with Crippen molar-refractivity contribution in [3.63, 3.8) is 0 Å². The van der Waals surface area contributed by atoms with Gasteiger partial charge in [-0.3, -0.25) is 9.69 Å². The summed E-state index contributed by atoms with van der Waals surface area (Å²) in [6.07, 6.45) is 2.86. The van der Waals surface area contributed by atoms with Gasteiger partial charge in [0.25, 0.3) is 0 Å². The van der Waals surface area contributed by atoms with Crippen LogP contribution in [-0.2, 0) is 17.9 Å². The number of carbonyl (C=O) groups excluding carboxylic acids is 1. The van der Waals surface area contributed by atoms with E-state index < -0.39 is 5.54 Å². The number of fused-ring (bicyclic) bond motifs is 1. The Kier molecular flexibility index (Phi) is 4.00. The highest BCUT2D eigenvalue weighted by molar-refractivity contribution is 5.87. The maximum Gasteiger partial charge on any atom is 0.240 e. The molecule has 3 N–H and O–H groups in total. The Labute approximate surface area is 133 Å². The number of hydrogen-bond donors (Lipinski definition) is 2. The number of nitrogens with two attached hydrogens (primary N) is 1. The molecule has 2 aliphatic rings. The molecule has 1 amide bonds. The van der Waals surface area contributed by atoms with Gasteiger partial charge in [0.2, 0.25) is 5.91 Å². The first kappa shape index (κ1) is 15.5. The number of carbonyl (C=O) groups is 1. The summed E-state index contributed by atoms with van der Waals surface area (Å²) in [5.74, 6) is 0.0201. The van der Waals surface area contributed by atoms with Crippen molar-refractivity contribution in [1.82, 2.24) is 10.2 Å². The lowest BCUT2D eigenvalue weighted by atomic mass is 9.75. The lowest BCUT2D eigenvalue weighted by molar-refractivity contribution is -0.129. The molecule has 0 spiro atoms. The van der Waals surface area contributed by atoms with Gasteiger partial charge in [-0.2, -0.15) is 0 Å². The molecule has 0 radical (unpaired) electrons. The normalized spacial score (nSPS) is 26.9. The van der Waals surface area contributed by atoms with Crippen molar-refractivity contribution in [3.05, 3.63) is 35.4 Å². The minimum Gasteiger partial charge on any atom is -0.353 e. The zero-order valence-corrected chi connectivity index (χ0v) is 13.7. The third-order valence-corrected chi connectivity index (χ3v) is 5.61. The molecule has 120 valence electrons. The van der Waals surface area contributed by atoms with Crippen LogP contribution in [0.15, 0.2) is 24.3 Å². The van der Waals surface area contributed by atoms with E-state index in [1.54, 1.807) is 0 Å². The number of hydrogen-bond acceptors (Lipinski definition) is 3. The summed E-state index contributed by atoms with van der Waals surface area (Å²) in [6, 6.07) is 8.54. The van der Waals surface area contributed by atoms with Crippen LogP contribution in [0.1, 0.15) is 44.2 Å². The van der Waals surface area contributed by atoms with Crippen LogP contribution in [-0.4, -0.2) is 29.4 Å². The summed E-state index contributed by atoms with van der Waals surface area (Å²) in [6.45, 7) is 7.71. The van der Waals surface area contributed by atoms with Gasteiger partial charge < -0.3 is 11.1 Å². The van der Waals surface area contributed by atoms with Crippen molar-refractivity contribution >= 4 is 5.91 Å². The summed E-state index contributed by atoms with van der Waals surface area (Å²) < 4.78 is 0. The Morgan fingerprint density at radius 1 is 1.23 bits per heavy atom. The Hall–Kier alpha value is -1.39. The van der Waals surface area contributed by atoms with Crippen LogP contribution in [0.25, 0.3) is 0 Å². The molecule has 1 fully saturated rings. The number of amides is 1. The van der Waals surface area contributed by atoms with E-state index in [1.165, 1.54) is 11.1 Å². The molecule has 1 saturated carbocycles. The molecule has 4 nitrogen and oxygen atoms in total. The molecule has 0 bridgehead atoms. The number of nitrogens with zero attached hydrogens (tertiary/aromatic N) is 1. The van der Waals surface area contributed by atoms with E-state index >= 15 is 0 Å². The van der Waals surface area contributed by atoms with Crippen LogP contribution in [0.2, 0.25) is 0 Å². The van der Waals surface area contributed by atoms with Crippen molar-refractivity contribution < 1.29 is 4.79 Å². The third-order valence-electron chi connectivity index (χ3n) is 5.61. The lowest BCUT2D eigenvalue weighted by Gasteiger charge is -2.36. The van der Waals surface area contributed by atoms with Gasteiger partial charge in [0.1, 0.15) is 5.54 Å². The smallest absolute Gasteiger partial charge is 0.240 e. The average molecular weight is 301 g/mol. The molecule has 1 atom stereocenters. The second-order valence-corrected chi connectivity index (χ2v) is 7.44. The van der Waals surface area contributed by atoms with E-state index in [-0.39, 0.29) is 11.3 Å². The van der Waals surface area contributed by atoms with Crippen molar-refractivity contribution in [2.45, 2.75) is 51.7 Å². The molecule has 1 aromatic carbocycles. The van der Waals surface area contributed by atoms with E-state index in [2.05, 4.69) is 48.3 Å². The van der Waals surface area contributed by atoms with Gasteiger partial charge in [-0.15, -0.1) is 0 Å². The van der Waals surface area contributed by atoms with Gasteiger partial charge in [0.05, 0.1) is 0 Å². The summed E-state index contributed by atoms with van der Waals surface area (Å²) >= 11 is 0. The molecule has 1 heterocycles. The molecule has 4 heteroatoms. The van der Waals surface area contributed by atoms with E-state index in [4.69, 9.17) is 5.73 Å². The second kappa shape index (κ2) is 5.67. The van der Waals surface area contributed by atoms with E-state index in [0.29, 0.717) is 6.54 Å². The molecular formula is C18H27N3O. The van der Waals surface area contributed by atoms with E-state index in [9.17, 15) is 4.79 Å². The third kappa shape index (κ3) is 2.66. The summed E-state index contributed by atoms with van der Waals surface area (Å²) in [4.78, 5) is 14.9. The number of benzene rings is 1. The summed E-state index contributed by atoms with van der Waals surface area (Å²) in [7, 11) is 0. The van der Waals surface area contributed by atoms with Gasteiger partial charge in [0.15, 0.2) is 0 Å². The quantitative estimate of drug-likeness (QED) is 0.894. The average Bonchev–Trinajstić information content (AvgIpc) is 3.00. The zero-order valence-electron chi connectivity index (χ0n) is 13.7. The van der Waals surface area contributed by atoms with E-state index in [1.807, 2.05) is 0 Å². The molecule has 0 aromatic heterocycles. The highest BCUT2D eigenvalue weighted by Crippen LogP contribution is 2.44. The molecule has 0 saturated heterocycles. The molecule has 1 aliphatic heterocycles. The fraction of sp³-hybridized carbons (Fsp3) is 0.611. The van der Waals surface area contributed by atoms with Crippen LogP contribution >= 0.6 is 0 Å². The lowest BCUT2D eigenvalue weighted by Crippen LogP contribution is -2.60. The van der Waals surface area contributed by atoms with Crippen molar-refractivity contribution in [2.75, 3.05) is 13.1 Å². The molecule has 1 aliphatic carbocycles. The SMILES string of the molecule is CC1(C)CCCC1(N)C(=O)NCCN1Cc2ccccc2C1. The summed E-state index contributed by atoms with van der Waals surface area (Å²) in [5.41, 5.74) is 8.41. The monoisotopic (exact) mass is 301 g/mol. The van der Waals surface area contributed by atoms with Gasteiger partial charge >= 0.3 is 0 Å². The first-order valence-electron chi connectivity index (χ1n) is 8.29. The number of rotatable bonds is 4.